The molecule has 102 valence electrons. The number of carbonyl (C=O) groups excluding carboxylic acids is 1. The fraction of sp³-hybridized carbons (Fsp3) is 0.533. The fourth-order valence-electron chi connectivity index (χ4n) is 2.49. The lowest BCUT2D eigenvalue weighted by molar-refractivity contribution is -0.134. The molecule has 1 saturated heterocycles. The Morgan fingerprint density at radius 2 is 1.74 bits per heavy atom. The number of carbonyl (C=O) groups is 1. The molecule has 3 nitrogen and oxygen atoms in total. The molecule has 1 heterocycles. The molecule has 19 heavy (non-hydrogen) atoms. The number of rotatable bonds is 3. The van der Waals surface area contributed by atoms with Crippen molar-refractivity contribution in [3.8, 4) is 5.75 Å². The highest BCUT2D eigenvalue weighted by molar-refractivity contribution is 5.81. The summed E-state index contributed by atoms with van der Waals surface area (Å²) >= 11 is 0. The van der Waals surface area contributed by atoms with Gasteiger partial charge >= 0.3 is 0 Å². The first-order valence-corrected chi connectivity index (χ1v) is 6.93. The van der Waals surface area contributed by atoms with Crippen molar-refractivity contribution in [3.05, 3.63) is 30.1 Å². The van der Waals surface area contributed by atoms with Gasteiger partial charge in [-0.3, -0.25) is 4.79 Å². The van der Waals surface area contributed by atoms with E-state index in [1.165, 1.54) is 12.1 Å². The molecule has 1 saturated carbocycles. The zero-order chi connectivity index (χ0) is 13.2. The summed E-state index contributed by atoms with van der Waals surface area (Å²) in [4.78, 5) is 13.9. The molecule has 0 radical (unpaired) electrons. The van der Waals surface area contributed by atoms with E-state index in [0.29, 0.717) is 17.6 Å². The van der Waals surface area contributed by atoms with Gasteiger partial charge in [-0.2, -0.15) is 0 Å². The number of piperidine rings is 1. The monoisotopic (exact) mass is 263 g/mol. The van der Waals surface area contributed by atoms with E-state index in [9.17, 15) is 9.18 Å². The lowest BCUT2D eigenvalue weighted by Crippen LogP contribution is -2.42. The van der Waals surface area contributed by atoms with Gasteiger partial charge in [-0.05, 0) is 37.1 Å². The Labute approximate surface area is 112 Å². The van der Waals surface area contributed by atoms with E-state index in [1.807, 2.05) is 4.90 Å². The topological polar surface area (TPSA) is 29.5 Å². The molecule has 0 bridgehead atoms. The molecule has 0 atom stereocenters. The Hall–Kier alpha value is -1.58. The molecule has 0 N–H and O–H groups in total. The van der Waals surface area contributed by atoms with Crippen LogP contribution in [0.2, 0.25) is 0 Å². The van der Waals surface area contributed by atoms with Crippen molar-refractivity contribution < 1.29 is 13.9 Å². The van der Waals surface area contributed by atoms with Crippen molar-refractivity contribution in [1.82, 2.24) is 4.90 Å². The third-order valence-corrected chi connectivity index (χ3v) is 3.80. The van der Waals surface area contributed by atoms with Crippen LogP contribution >= 0.6 is 0 Å². The second kappa shape index (κ2) is 5.19. The van der Waals surface area contributed by atoms with Gasteiger partial charge in [0.2, 0.25) is 5.91 Å². The molecule has 0 spiro atoms. The van der Waals surface area contributed by atoms with Gasteiger partial charge in [0, 0.05) is 31.8 Å². The molecule has 1 aromatic rings. The molecule has 2 aliphatic rings. The lowest BCUT2D eigenvalue weighted by Gasteiger charge is -2.32. The van der Waals surface area contributed by atoms with E-state index < -0.39 is 0 Å². The van der Waals surface area contributed by atoms with E-state index in [4.69, 9.17) is 4.74 Å². The maximum atomic E-state index is 12.8. The van der Waals surface area contributed by atoms with Crippen molar-refractivity contribution in [2.24, 2.45) is 5.92 Å². The number of amides is 1. The standard InChI is InChI=1S/C15H18FNO2/c16-12-3-5-13(6-4-12)19-14-7-9-17(10-8-14)15(18)11-1-2-11/h3-6,11,14H,1-2,7-10H2. The first-order valence-electron chi connectivity index (χ1n) is 6.93. The van der Waals surface area contributed by atoms with Crippen LogP contribution < -0.4 is 4.74 Å². The highest BCUT2D eigenvalue weighted by atomic mass is 19.1. The van der Waals surface area contributed by atoms with E-state index in [-0.39, 0.29) is 11.9 Å². The molecule has 1 aliphatic carbocycles. The Kier molecular flexibility index (Phi) is 3.40. The number of hydrogen-bond donors (Lipinski definition) is 0. The molecule has 0 unspecified atom stereocenters. The molecule has 1 amide bonds. The van der Waals surface area contributed by atoms with Crippen molar-refractivity contribution in [1.29, 1.82) is 0 Å². The maximum absolute atomic E-state index is 12.8. The second-order valence-corrected chi connectivity index (χ2v) is 5.37. The minimum absolute atomic E-state index is 0.133. The molecule has 1 aliphatic heterocycles. The number of benzene rings is 1. The normalized spacial score (nSPS) is 20.4. The third-order valence-electron chi connectivity index (χ3n) is 3.80. The zero-order valence-electron chi connectivity index (χ0n) is 10.8. The minimum atomic E-state index is -0.253. The predicted octanol–water partition coefficient (Wildman–Crippen LogP) is 2.61. The van der Waals surface area contributed by atoms with Crippen LogP contribution in [0.4, 0.5) is 4.39 Å². The van der Waals surface area contributed by atoms with Gasteiger partial charge < -0.3 is 9.64 Å². The summed E-state index contributed by atoms with van der Waals surface area (Å²) in [5.74, 6) is 1.07. The number of nitrogens with zero attached hydrogens (tertiary/aromatic N) is 1. The smallest absolute Gasteiger partial charge is 0.225 e. The summed E-state index contributed by atoms with van der Waals surface area (Å²) in [6.07, 6.45) is 3.97. The van der Waals surface area contributed by atoms with Crippen LogP contribution in [0.1, 0.15) is 25.7 Å². The van der Waals surface area contributed by atoms with E-state index >= 15 is 0 Å². The van der Waals surface area contributed by atoms with Gasteiger partial charge in [0.05, 0.1) is 0 Å². The molecule has 3 rings (SSSR count). The highest BCUT2D eigenvalue weighted by Gasteiger charge is 2.35. The largest absolute Gasteiger partial charge is 0.490 e. The van der Waals surface area contributed by atoms with Crippen molar-refractivity contribution >= 4 is 5.91 Å². The average Bonchev–Trinajstić information content (AvgIpc) is 3.26. The van der Waals surface area contributed by atoms with Crippen LogP contribution in [0.3, 0.4) is 0 Å². The molecule has 4 heteroatoms. The number of halogens is 1. The lowest BCUT2D eigenvalue weighted by atomic mass is 10.1. The van der Waals surface area contributed by atoms with Gasteiger partial charge in [0.1, 0.15) is 17.7 Å². The van der Waals surface area contributed by atoms with Crippen LogP contribution in [0.5, 0.6) is 5.75 Å². The summed E-state index contributed by atoms with van der Waals surface area (Å²) in [7, 11) is 0. The molecular weight excluding hydrogens is 245 g/mol. The van der Waals surface area contributed by atoms with E-state index in [0.717, 1.165) is 38.8 Å². The van der Waals surface area contributed by atoms with Gasteiger partial charge in [-0.1, -0.05) is 0 Å². The maximum Gasteiger partial charge on any atom is 0.225 e. The van der Waals surface area contributed by atoms with E-state index in [1.54, 1.807) is 12.1 Å². The SMILES string of the molecule is O=C(C1CC1)N1CCC(Oc2ccc(F)cc2)CC1. The summed E-state index contributed by atoms with van der Waals surface area (Å²) in [5, 5.41) is 0. The van der Waals surface area contributed by atoms with Crippen molar-refractivity contribution in [3.63, 3.8) is 0 Å². The first kappa shape index (κ1) is 12.5. The predicted molar refractivity (Wildman–Crippen MR) is 69.4 cm³/mol. The zero-order valence-corrected chi connectivity index (χ0v) is 10.8. The number of ether oxygens (including phenoxy) is 1. The third kappa shape index (κ3) is 3.06. The molecular formula is C15H18FNO2. The minimum Gasteiger partial charge on any atom is -0.490 e. The molecule has 0 aromatic heterocycles. The first-order chi connectivity index (χ1) is 9.22. The number of likely N-dealkylation sites (tertiary alicyclic amines) is 1. The van der Waals surface area contributed by atoms with Gasteiger partial charge in [0.25, 0.3) is 0 Å². The van der Waals surface area contributed by atoms with E-state index in [2.05, 4.69) is 0 Å². The Balaban J connectivity index is 1.49. The highest BCUT2D eigenvalue weighted by Crippen LogP contribution is 2.32. The quantitative estimate of drug-likeness (QED) is 0.839. The van der Waals surface area contributed by atoms with Crippen LogP contribution in [0, 0.1) is 11.7 Å². The Morgan fingerprint density at radius 1 is 1.11 bits per heavy atom. The van der Waals surface area contributed by atoms with Gasteiger partial charge in [-0.15, -0.1) is 0 Å². The summed E-state index contributed by atoms with van der Waals surface area (Å²) in [6.45, 7) is 1.56. The van der Waals surface area contributed by atoms with Crippen LogP contribution in [-0.2, 0) is 4.79 Å². The Bertz CT molecular complexity index is 448. The molecule has 2 fully saturated rings. The van der Waals surface area contributed by atoms with Crippen LogP contribution in [0.25, 0.3) is 0 Å². The van der Waals surface area contributed by atoms with Crippen molar-refractivity contribution in [2.45, 2.75) is 31.8 Å². The van der Waals surface area contributed by atoms with Gasteiger partial charge in [-0.25, -0.2) is 4.39 Å². The van der Waals surface area contributed by atoms with Gasteiger partial charge in [0.15, 0.2) is 0 Å². The Morgan fingerprint density at radius 3 is 2.32 bits per heavy atom. The summed E-state index contributed by atoms with van der Waals surface area (Å²) < 4.78 is 18.6. The fourth-order valence-corrected chi connectivity index (χ4v) is 2.49. The van der Waals surface area contributed by atoms with Crippen LogP contribution in [0.15, 0.2) is 24.3 Å². The second-order valence-electron chi connectivity index (χ2n) is 5.37. The average molecular weight is 263 g/mol. The number of hydrogen-bond acceptors (Lipinski definition) is 2. The van der Waals surface area contributed by atoms with Crippen molar-refractivity contribution in [2.75, 3.05) is 13.1 Å². The van der Waals surface area contributed by atoms with Crippen LogP contribution in [-0.4, -0.2) is 30.0 Å². The summed E-state index contributed by atoms with van der Waals surface area (Å²) in [5.41, 5.74) is 0. The summed E-state index contributed by atoms with van der Waals surface area (Å²) in [6, 6.07) is 6.11. The molecule has 1 aromatic carbocycles.